The molecule has 5 nitrogen and oxygen atoms in total. The molecule has 2 aromatic rings. The van der Waals surface area contributed by atoms with Gasteiger partial charge in [0.15, 0.2) is 6.10 Å². The summed E-state index contributed by atoms with van der Waals surface area (Å²) in [5, 5.41) is 0. The van der Waals surface area contributed by atoms with Crippen LogP contribution in [0.4, 0.5) is 0 Å². The molecule has 0 unspecified atom stereocenters. The van der Waals surface area contributed by atoms with Crippen molar-refractivity contribution in [3.8, 4) is 5.75 Å². The first-order valence-corrected chi connectivity index (χ1v) is 8.88. The molecule has 1 aliphatic rings. The molecule has 0 saturated heterocycles. The maximum atomic E-state index is 12.7. The van der Waals surface area contributed by atoms with Crippen LogP contribution in [0.25, 0.3) is 0 Å². The van der Waals surface area contributed by atoms with Crippen LogP contribution in [0.15, 0.2) is 48.5 Å². The number of amides is 1. The molecule has 0 bridgehead atoms. The molecule has 0 radical (unpaired) electrons. The number of esters is 1. The van der Waals surface area contributed by atoms with Crippen LogP contribution in [0.5, 0.6) is 5.75 Å². The van der Waals surface area contributed by atoms with Crippen LogP contribution < -0.4 is 4.74 Å². The number of nitrogens with zero attached hydrogens (tertiary/aromatic N) is 1. The van der Waals surface area contributed by atoms with Gasteiger partial charge in [0.2, 0.25) is 0 Å². The molecule has 0 aliphatic carbocycles. The lowest BCUT2D eigenvalue weighted by atomic mass is 9.99. The van der Waals surface area contributed by atoms with Gasteiger partial charge in [0.25, 0.3) is 5.91 Å². The van der Waals surface area contributed by atoms with Crippen molar-refractivity contribution >= 4 is 11.9 Å². The minimum Gasteiger partial charge on any atom is -0.481 e. The number of benzene rings is 2. The average Bonchev–Trinajstić information content (AvgIpc) is 2.67. The summed E-state index contributed by atoms with van der Waals surface area (Å²) in [6, 6.07) is 14.9. The van der Waals surface area contributed by atoms with E-state index in [1.165, 1.54) is 11.1 Å². The van der Waals surface area contributed by atoms with Crippen molar-refractivity contribution < 1.29 is 19.1 Å². The molecule has 1 atom stereocenters. The van der Waals surface area contributed by atoms with Gasteiger partial charge >= 0.3 is 5.97 Å². The van der Waals surface area contributed by atoms with Crippen molar-refractivity contribution in [2.24, 2.45) is 0 Å². The van der Waals surface area contributed by atoms with E-state index < -0.39 is 6.10 Å². The summed E-state index contributed by atoms with van der Waals surface area (Å²) in [6.45, 7) is 5.17. The lowest BCUT2D eigenvalue weighted by molar-refractivity contribution is -0.138. The summed E-state index contributed by atoms with van der Waals surface area (Å²) in [5.74, 6) is 0.153. The molecular weight excluding hydrogens is 330 g/mol. The number of rotatable bonds is 5. The predicted molar refractivity (Wildman–Crippen MR) is 98.1 cm³/mol. The third-order valence-electron chi connectivity index (χ3n) is 4.47. The molecule has 0 saturated carbocycles. The Morgan fingerprint density at radius 1 is 1.08 bits per heavy atom. The van der Waals surface area contributed by atoms with E-state index in [9.17, 15) is 9.59 Å². The van der Waals surface area contributed by atoms with E-state index in [0.717, 1.165) is 6.42 Å². The Labute approximate surface area is 153 Å². The number of carbonyl (C=O) groups excluding carboxylic acids is 2. The van der Waals surface area contributed by atoms with Gasteiger partial charge in [-0.25, -0.2) is 4.79 Å². The lowest BCUT2D eigenvalue weighted by Gasteiger charge is -2.31. The third kappa shape index (κ3) is 4.04. The monoisotopic (exact) mass is 353 g/mol. The van der Waals surface area contributed by atoms with E-state index in [-0.39, 0.29) is 11.9 Å². The Kier molecular flexibility index (Phi) is 5.56. The van der Waals surface area contributed by atoms with Crippen molar-refractivity contribution in [2.45, 2.75) is 32.9 Å². The zero-order valence-corrected chi connectivity index (χ0v) is 15.1. The third-order valence-corrected chi connectivity index (χ3v) is 4.47. The highest BCUT2D eigenvalue weighted by atomic mass is 16.5. The van der Waals surface area contributed by atoms with E-state index in [1.807, 2.05) is 17.0 Å². The van der Waals surface area contributed by atoms with E-state index in [0.29, 0.717) is 31.0 Å². The molecular formula is C21H23NO4. The van der Waals surface area contributed by atoms with Gasteiger partial charge in [0, 0.05) is 13.1 Å². The molecule has 1 amide bonds. The highest BCUT2D eigenvalue weighted by Gasteiger charge is 2.25. The normalized spacial score (nSPS) is 14.3. The van der Waals surface area contributed by atoms with Crippen LogP contribution in [0.2, 0.25) is 0 Å². The molecule has 26 heavy (non-hydrogen) atoms. The van der Waals surface area contributed by atoms with Crippen LogP contribution in [0, 0.1) is 0 Å². The second kappa shape index (κ2) is 8.04. The Hall–Kier alpha value is -2.82. The molecule has 0 N–H and O–H groups in total. The van der Waals surface area contributed by atoms with Crippen LogP contribution in [-0.2, 0) is 22.5 Å². The Balaban J connectivity index is 1.60. The van der Waals surface area contributed by atoms with Crippen molar-refractivity contribution in [1.82, 2.24) is 4.90 Å². The van der Waals surface area contributed by atoms with Crippen molar-refractivity contribution in [3.63, 3.8) is 0 Å². The van der Waals surface area contributed by atoms with Crippen molar-refractivity contribution in [2.75, 3.05) is 13.2 Å². The molecule has 0 spiro atoms. The van der Waals surface area contributed by atoms with Crippen molar-refractivity contribution in [1.29, 1.82) is 0 Å². The van der Waals surface area contributed by atoms with Crippen LogP contribution in [0.3, 0.4) is 0 Å². The quantitative estimate of drug-likeness (QED) is 0.775. The highest BCUT2D eigenvalue weighted by Crippen LogP contribution is 2.21. The van der Waals surface area contributed by atoms with E-state index >= 15 is 0 Å². The maximum absolute atomic E-state index is 12.7. The Morgan fingerprint density at radius 3 is 2.46 bits per heavy atom. The largest absolute Gasteiger partial charge is 0.481 e. The second-order valence-electron chi connectivity index (χ2n) is 6.28. The average molecular weight is 353 g/mol. The minimum atomic E-state index is -0.589. The van der Waals surface area contributed by atoms with E-state index in [1.54, 1.807) is 38.1 Å². The number of fused-ring (bicyclic) bond motifs is 1. The summed E-state index contributed by atoms with van der Waals surface area (Å²) < 4.78 is 10.7. The van der Waals surface area contributed by atoms with E-state index in [4.69, 9.17) is 9.47 Å². The topological polar surface area (TPSA) is 55.8 Å². The smallest absolute Gasteiger partial charge is 0.338 e. The fourth-order valence-corrected chi connectivity index (χ4v) is 3.08. The van der Waals surface area contributed by atoms with Gasteiger partial charge in [-0.05, 0) is 55.7 Å². The molecule has 3 rings (SSSR count). The fourth-order valence-electron chi connectivity index (χ4n) is 3.08. The first kappa shape index (κ1) is 18.0. The van der Waals surface area contributed by atoms with E-state index in [2.05, 4.69) is 12.1 Å². The number of carbonyl (C=O) groups is 2. The maximum Gasteiger partial charge on any atom is 0.338 e. The highest BCUT2D eigenvalue weighted by molar-refractivity contribution is 5.89. The number of hydrogen-bond acceptors (Lipinski definition) is 4. The molecule has 0 fully saturated rings. The second-order valence-corrected chi connectivity index (χ2v) is 6.28. The minimum absolute atomic E-state index is 0.0334. The van der Waals surface area contributed by atoms with Gasteiger partial charge in [-0.2, -0.15) is 0 Å². The number of hydrogen-bond donors (Lipinski definition) is 0. The first-order chi connectivity index (χ1) is 12.6. The van der Waals surface area contributed by atoms with Gasteiger partial charge in [0.1, 0.15) is 5.75 Å². The molecule has 136 valence electrons. The summed E-state index contributed by atoms with van der Waals surface area (Å²) in [5.41, 5.74) is 2.96. The lowest BCUT2D eigenvalue weighted by Crippen LogP contribution is -2.43. The zero-order chi connectivity index (χ0) is 18.5. The van der Waals surface area contributed by atoms with Crippen LogP contribution >= 0.6 is 0 Å². The first-order valence-electron chi connectivity index (χ1n) is 8.88. The summed E-state index contributed by atoms with van der Waals surface area (Å²) in [7, 11) is 0. The van der Waals surface area contributed by atoms with Gasteiger partial charge in [0.05, 0.1) is 12.2 Å². The molecule has 1 heterocycles. The fraction of sp³-hybridized carbons (Fsp3) is 0.333. The van der Waals surface area contributed by atoms with Gasteiger partial charge in [-0.1, -0.05) is 24.3 Å². The molecule has 0 aromatic heterocycles. The van der Waals surface area contributed by atoms with Crippen LogP contribution in [-0.4, -0.2) is 36.0 Å². The Bertz CT molecular complexity index is 785. The molecule has 2 aromatic carbocycles. The van der Waals surface area contributed by atoms with Gasteiger partial charge in [-0.15, -0.1) is 0 Å². The molecule has 5 heteroatoms. The Morgan fingerprint density at radius 2 is 1.77 bits per heavy atom. The predicted octanol–water partition coefficient (Wildman–Crippen LogP) is 3.22. The molecule has 1 aliphatic heterocycles. The summed E-state index contributed by atoms with van der Waals surface area (Å²) >= 11 is 0. The van der Waals surface area contributed by atoms with Crippen molar-refractivity contribution in [3.05, 3.63) is 65.2 Å². The summed E-state index contributed by atoms with van der Waals surface area (Å²) in [6.07, 6.45) is 0.275. The van der Waals surface area contributed by atoms with Gasteiger partial charge in [-0.3, -0.25) is 4.79 Å². The van der Waals surface area contributed by atoms with Crippen LogP contribution in [0.1, 0.15) is 35.3 Å². The SMILES string of the molecule is CCOC(=O)c1ccc(O[C@@H](C)C(=O)N2CCc3ccccc3C2)cc1. The standard InChI is InChI=1S/C21H23NO4/c1-3-25-21(24)17-8-10-19(11-9-17)26-15(2)20(23)22-13-12-16-6-4-5-7-18(16)14-22/h4-11,15H,3,12-14H2,1-2H3/t15-/m0/s1. The number of ether oxygens (including phenoxy) is 2. The van der Waals surface area contributed by atoms with Gasteiger partial charge < -0.3 is 14.4 Å². The zero-order valence-electron chi connectivity index (χ0n) is 15.1. The summed E-state index contributed by atoms with van der Waals surface area (Å²) in [4.78, 5) is 26.2.